The molecule has 32 heavy (non-hydrogen) atoms. The van der Waals surface area contributed by atoms with Crippen molar-refractivity contribution in [2.24, 2.45) is 0 Å². The summed E-state index contributed by atoms with van der Waals surface area (Å²) in [5.41, 5.74) is 1.43. The van der Waals surface area contributed by atoms with Gasteiger partial charge in [-0.15, -0.1) is 0 Å². The van der Waals surface area contributed by atoms with Crippen LogP contribution in [-0.4, -0.2) is 24.2 Å². The first-order valence-corrected chi connectivity index (χ1v) is 10.5. The van der Waals surface area contributed by atoms with Crippen LogP contribution in [0, 0.1) is 17.1 Å². The van der Waals surface area contributed by atoms with Gasteiger partial charge in [-0.1, -0.05) is 24.4 Å². The van der Waals surface area contributed by atoms with E-state index < -0.39 is 17.7 Å². The van der Waals surface area contributed by atoms with E-state index in [-0.39, 0.29) is 29.4 Å². The summed E-state index contributed by atoms with van der Waals surface area (Å²) in [6.45, 7) is 5.25. The number of nitrogens with zero attached hydrogens (tertiary/aromatic N) is 1. The van der Waals surface area contributed by atoms with Crippen molar-refractivity contribution in [3.05, 3.63) is 88.8 Å². The third-order valence-corrected chi connectivity index (χ3v) is 5.52. The summed E-state index contributed by atoms with van der Waals surface area (Å²) in [7, 11) is 0. The summed E-state index contributed by atoms with van der Waals surface area (Å²) in [6.07, 6.45) is 2.91. The predicted octanol–water partition coefficient (Wildman–Crippen LogP) is 4.22. The number of nitriles is 1. The maximum Gasteiger partial charge on any atom is 0.337 e. The number of thioether (sulfide) groups is 1. The molecule has 2 N–H and O–H groups in total. The second kappa shape index (κ2) is 10.5. The Hall–Kier alpha value is -3.77. The van der Waals surface area contributed by atoms with Crippen LogP contribution in [0.25, 0.3) is 0 Å². The second-order valence-electron chi connectivity index (χ2n) is 6.70. The zero-order chi connectivity index (χ0) is 23.1. The van der Waals surface area contributed by atoms with E-state index >= 15 is 0 Å². The maximum atomic E-state index is 13.0. The topological polar surface area (TPSA) is 104 Å². The van der Waals surface area contributed by atoms with E-state index in [9.17, 15) is 19.2 Å². The van der Waals surface area contributed by atoms with Crippen molar-refractivity contribution in [2.75, 3.05) is 17.7 Å². The van der Waals surface area contributed by atoms with Crippen LogP contribution in [0.3, 0.4) is 0 Å². The highest BCUT2D eigenvalue weighted by molar-refractivity contribution is 8.03. The number of allylic oxidation sites excluding steroid dienone is 2. The summed E-state index contributed by atoms with van der Waals surface area (Å²) in [5.74, 6) is -1.72. The van der Waals surface area contributed by atoms with E-state index in [1.807, 2.05) is 0 Å². The fraction of sp³-hybridized carbons (Fsp3) is 0.174. The zero-order valence-electron chi connectivity index (χ0n) is 17.2. The smallest absolute Gasteiger partial charge is 0.337 e. The highest BCUT2D eigenvalue weighted by atomic mass is 32.2. The average Bonchev–Trinajstić information content (AvgIpc) is 3.31. The van der Waals surface area contributed by atoms with Crippen molar-refractivity contribution in [2.45, 2.75) is 12.8 Å². The van der Waals surface area contributed by atoms with Crippen molar-refractivity contribution < 1.29 is 23.1 Å². The number of furan rings is 1. The number of rotatable bonds is 8. The van der Waals surface area contributed by atoms with Crippen molar-refractivity contribution in [3.8, 4) is 6.07 Å². The molecule has 9 heteroatoms. The maximum absolute atomic E-state index is 13.0. The lowest BCUT2D eigenvalue weighted by molar-refractivity contribution is -0.138. The Bertz CT molecular complexity index is 1120. The van der Waals surface area contributed by atoms with Gasteiger partial charge in [0.2, 0.25) is 5.91 Å². The number of hydrogen-bond donors (Lipinski definition) is 2. The third kappa shape index (κ3) is 5.28. The molecule has 0 bridgehead atoms. The van der Waals surface area contributed by atoms with Crippen LogP contribution in [0.15, 0.2) is 81.6 Å². The van der Waals surface area contributed by atoms with E-state index in [2.05, 4.69) is 23.3 Å². The first-order chi connectivity index (χ1) is 15.4. The molecule has 0 radical (unpaired) electrons. The fourth-order valence-electron chi connectivity index (χ4n) is 3.12. The molecule has 1 aromatic carbocycles. The van der Waals surface area contributed by atoms with Gasteiger partial charge in [0.15, 0.2) is 0 Å². The minimum atomic E-state index is -0.781. The Morgan fingerprint density at radius 2 is 2.12 bits per heavy atom. The lowest BCUT2D eigenvalue weighted by Gasteiger charge is -2.27. The number of amides is 1. The average molecular weight is 453 g/mol. The number of carbonyl (C=O) groups is 2. The van der Waals surface area contributed by atoms with Crippen LogP contribution >= 0.6 is 11.8 Å². The van der Waals surface area contributed by atoms with Gasteiger partial charge in [-0.2, -0.15) is 5.26 Å². The zero-order valence-corrected chi connectivity index (χ0v) is 18.0. The minimum absolute atomic E-state index is 0.0146. The standard InChI is InChI=1S/C23H20FN3O4S/c1-3-10-31-23(29)20-14(2)26-22(17(12-25)21(20)18-5-4-11-30-18)32-13-19(28)27-16-8-6-15(24)7-9-16/h3-9,11,21,26H,1,10,13H2,2H3,(H,27,28). The molecule has 0 saturated carbocycles. The Labute approximate surface area is 188 Å². The van der Waals surface area contributed by atoms with Gasteiger partial charge in [0.05, 0.1) is 40.2 Å². The third-order valence-electron chi connectivity index (χ3n) is 4.50. The molecular formula is C23H20FN3O4S. The van der Waals surface area contributed by atoms with Gasteiger partial charge in [-0.25, -0.2) is 9.18 Å². The molecule has 2 aromatic rings. The van der Waals surface area contributed by atoms with Crippen molar-refractivity contribution in [1.82, 2.24) is 5.32 Å². The van der Waals surface area contributed by atoms with Crippen molar-refractivity contribution in [1.29, 1.82) is 5.26 Å². The van der Waals surface area contributed by atoms with Crippen LogP contribution in [0.2, 0.25) is 0 Å². The van der Waals surface area contributed by atoms with E-state index in [1.165, 1.54) is 36.6 Å². The molecule has 0 spiro atoms. The predicted molar refractivity (Wildman–Crippen MR) is 119 cm³/mol. The molecule has 1 aromatic heterocycles. The van der Waals surface area contributed by atoms with Gasteiger partial charge >= 0.3 is 5.97 Å². The van der Waals surface area contributed by atoms with Gasteiger partial charge < -0.3 is 19.8 Å². The van der Waals surface area contributed by atoms with E-state index in [0.717, 1.165) is 11.8 Å². The molecule has 164 valence electrons. The fourth-order valence-corrected chi connectivity index (χ4v) is 4.01. The van der Waals surface area contributed by atoms with Gasteiger partial charge in [0.1, 0.15) is 18.2 Å². The molecule has 1 aliphatic heterocycles. The van der Waals surface area contributed by atoms with Crippen LogP contribution in [-0.2, 0) is 14.3 Å². The highest BCUT2D eigenvalue weighted by Crippen LogP contribution is 2.41. The van der Waals surface area contributed by atoms with Crippen LogP contribution < -0.4 is 10.6 Å². The van der Waals surface area contributed by atoms with Crippen LogP contribution in [0.1, 0.15) is 18.6 Å². The van der Waals surface area contributed by atoms with Crippen LogP contribution in [0.4, 0.5) is 10.1 Å². The molecule has 0 fully saturated rings. The summed E-state index contributed by atoms with van der Waals surface area (Å²) < 4.78 is 23.7. The molecule has 0 aliphatic carbocycles. The number of carbonyl (C=O) groups excluding carboxylic acids is 2. The Kier molecular flexibility index (Phi) is 7.52. The monoisotopic (exact) mass is 453 g/mol. The van der Waals surface area contributed by atoms with Gasteiger partial charge in [-0.3, -0.25) is 4.79 Å². The van der Waals surface area contributed by atoms with Gasteiger partial charge in [0.25, 0.3) is 0 Å². The molecule has 0 saturated heterocycles. The van der Waals surface area contributed by atoms with Crippen molar-refractivity contribution in [3.63, 3.8) is 0 Å². The lowest BCUT2D eigenvalue weighted by Crippen LogP contribution is -2.29. The normalized spacial score (nSPS) is 15.6. The Morgan fingerprint density at radius 3 is 2.75 bits per heavy atom. The summed E-state index contributed by atoms with van der Waals surface area (Å²) in [6, 6.07) is 10.9. The molecule has 1 aliphatic rings. The van der Waals surface area contributed by atoms with E-state index in [1.54, 1.807) is 19.1 Å². The van der Waals surface area contributed by atoms with E-state index in [4.69, 9.17) is 9.15 Å². The quantitative estimate of drug-likeness (QED) is 0.456. The molecule has 2 heterocycles. The number of nitrogens with one attached hydrogen (secondary N) is 2. The molecular weight excluding hydrogens is 433 g/mol. The number of ether oxygens (including phenoxy) is 1. The lowest BCUT2D eigenvalue weighted by atomic mass is 9.86. The summed E-state index contributed by atoms with van der Waals surface area (Å²) in [4.78, 5) is 25.0. The van der Waals surface area contributed by atoms with E-state index in [0.29, 0.717) is 22.2 Å². The number of benzene rings is 1. The number of anilines is 1. The largest absolute Gasteiger partial charge is 0.468 e. The van der Waals surface area contributed by atoms with Gasteiger partial charge in [0, 0.05) is 11.4 Å². The molecule has 7 nitrogen and oxygen atoms in total. The number of esters is 1. The summed E-state index contributed by atoms with van der Waals surface area (Å²) >= 11 is 1.11. The number of halogens is 1. The minimum Gasteiger partial charge on any atom is -0.468 e. The number of dihydropyridines is 1. The van der Waals surface area contributed by atoms with Crippen LogP contribution in [0.5, 0.6) is 0 Å². The molecule has 1 amide bonds. The Morgan fingerprint density at radius 1 is 1.38 bits per heavy atom. The van der Waals surface area contributed by atoms with Gasteiger partial charge in [-0.05, 0) is 43.3 Å². The molecule has 1 unspecified atom stereocenters. The second-order valence-corrected chi connectivity index (χ2v) is 7.68. The highest BCUT2D eigenvalue weighted by Gasteiger charge is 2.37. The Balaban J connectivity index is 1.83. The SMILES string of the molecule is C=CCOC(=O)C1=C(C)NC(SCC(=O)Nc2ccc(F)cc2)=C(C#N)C1c1ccco1. The first kappa shape index (κ1) is 22.9. The first-order valence-electron chi connectivity index (χ1n) is 9.56. The molecule has 3 rings (SSSR count). The number of hydrogen-bond acceptors (Lipinski definition) is 7. The molecule has 1 atom stereocenters. The summed E-state index contributed by atoms with van der Waals surface area (Å²) in [5, 5.41) is 16.0. The van der Waals surface area contributed by atoms with Crippen molar-refractivity contribution >= 4 is 29.3 Å².